The molecule has 4 heteroatoms. The number of hydrogen-bond donors (Lipinski definition) is 2. The van der Waals surface area contributed by atoms with Crippen molar-refractivity contribution in [3.8, 4) is 5.75 Å². The van der Waals surface area contributed by atoms with Crippen molar-refractivity contribution in [3.05, 3.63) is 23.8 Å². The molecule has 0 amide bonds. The lowest BCUT2D eigenvalue weighted by Crippen LogP contribution is -2.26. The molecule has 4 nitrogen and oxygen atoms in total. The third-order valence-electron chi connectivity index (χ3n) is 1.71. The van der Waals surface area contributed by atoms with Gasteiger partial charge in [0.05, 0.1) is 12.2 Å². The zero-order valence-corrected chi connectivity index (χ0v) is 6.36. The maximum atomic E-state index is 9.13. The second-order valence-electron chi connectivity index (χ2n) is 2.60. The Morgan fingerprint density at radius 2 is 2.25 bits per heavy atom. The van der Waals surface area contributed by atoms with E-state index in [1.165, 1.54) is 0 Å². The number of rotatable bonds is 0. The summed E-state index contributed by atoms with van der Waals surface area (Å²) in [5.74, 6) is 0.535. The average molecular weight is 162 g/mol. The van der Waals surface area contributed by atoms with Gasteiger partial charge in [0.2, 0.25) is 5.96 Å². The fourth-order valence-electron chi connectivity index (χ4n) is 1.13. The summed E-state index contributed by atoms with van der Waals surface area (Å²) in [5.41, 5.74) is 7.11. The highest BCUT2D eigenvalue weighted by molar-refractivity contribution is 5.83. The molecule has 2 rings (SSSR count). The van der Waals surface area contributed by atoms with Crippen molar-refractivity contribution in [1.82, 2.24) is 5.32 Å². The highest BCUT2D eigenvalue weighted by atomic mass is 16.3. The van der Waals surface area contributed by atoms with Gasteiger partial charge < -0.3 is 10.8 Å². The molecule has 12 heavy (non-hydrogen) atoms. The first kappa shape index (κ1) is 6.97. The van der Waals surface area contributed by atoms with Crippen LogP contribution >= 0.6 is 0 Å². The highest BCUT2D eigenvalue weighted by Crippen LogP contribution is 2.25. The molecule has 0 saturated heterocycles. The lowest BCUT2D eigenvalue weighted by molar-refractivity contribution is 0.474. The number of hydrogen-bond acceptors (Lipinski definition) is 3. The van der Waals surface area contributed by atoms with E-state index in [1.807, 2.05) is 0 Å². The van der Waals surface area contributed by atoms with Gasteiger partial charge in [0.1, 0.15) is 5.75 Å². The molecule has 1 aliphatic heterocycles. The maximum absolute atomic E-state index is 9.13. The second-order valence-corrected chi connectivity index (χ2v) is 2.60. The molecule has 0 unspecified atom stereocenters. The van der Waals surface area contributed by atoms with Crippen molar-refractivity contribution >= 4 is 11.6 Å². The molecule has 1 aromatic carbocycles. The summed E-state index contributed by atoms with van der Waals surface area (Å²) >= 11 is 0. The number of aliphatic imine (C=N–C) groups is 1. The summed E-state index contributed by atoms with van der Waals surface area (Å²) in [6.07, 6.45) is 0. The second kappa shape index (κ2) is 2.41. The number of aromatic hydroxyl groups is 1. The fraction of sp³-hybridized carbons (Fsp3) is 0.125. The Morgan fingerprint density at radius 1 is 1.42 bits per heavy atom. The van der Waals surface area contributed by atoms with Crippen LogP contribution in [0.2, 0.25) is 0 Å². The Morgan fingerprint density at radius 3 is 3.08 bits per heavy atom. The predicted molar refractivity (Wildman–Crippen MR) is 45.2 cm³/mol. The average Bonchev–Trinajstić information content (AvgIpc) is 2.05. The van der Waals surface area contributed by atoms with E-state index in [1.54, 1.807) is 18.2 Å². The molecule has 0 aliphatic carbocycles. The largest absolute Gasteiger partial charge is 0.508 e. The Balaban J connectivity index is 2.51. The minimum atomic E-state index is 0.236. The summed E-state index contributed by atoms with van der Waals surface area (Å²) < 4.78 is 0. The first-order valence-electron chi connectivity index (χ1n) is 3.59. The van der Waals surface area contributed by atoms with E-state index in [-0.39, 0.29) is 5.75 Å². The molecule has 0 fully saturated rings. The first-order valence-corrected chi connectivity index (χ1v) is 3.59. The molecular weight excluding hydrogens is 154 g/mol. The molecule has 61 valence electrons. The van der Waals surface area contributed by atoms with Gasteiger partial charge in [0.25, 0.3) is 0 Å². The molecule has 0 spiro atoms. The topological polar surface area (TPSA) is 72.7 Å². The summed E-state index contributed by atoms with van der Waals surface area (Å²) in [4.78, 5) is 4.00. The number of phenolic OH excluding ortho intramolecular Hbond substituents is 1. The normalized spacial score (nSPS) is 14.5. The van der Waals surface area contributed by atoms with Gasteiger partial charge in [0, 0.05) is 5.56 Å². The smallest absolute Gasteiger partial charge is 0.216 e. The molecule has 1 radical (unpaired) electrons. The zero-order valence-electron chi connectivity index (χ0n) is 6.36. The van der Waals surface area contributed by atoms with Gasteiger partial charge in [0.15, 0.2) is 0 Å². The number of fused-ring (bicyclic) bond motifs is 1. The molecule has 1 heterocycles. The van der Waals surface area contributed by atoms with Crippen LogP contribution in [0.15, 0.2) is 23.2 Å². The van der Waals surface area contributed by atoms with Crippen LogP contribution < -0.4 is 11.1 Å². The van der Waals surface area contributed by atoms with Crippen LogP contribution in [-0.4, -0.2) is 11.1 Å². The van der Waals surface area contributed by atoms with Crippen molar-refractivity contribution in [1.29, 1.82) is 0 Å². The third kappa shape index (κ3) is 1.07. The van der Waals surface area contributed by atoms with E-state index >= 15 is 0 Å². The van der Waals surface area contributed by atoms with Gasteiger partial charge in [-0.05, 0) is 18.2 Å². The number of benzene rings is 1. The predicted octanol–water partition coefficient (Wildman–Crippen LogP) is 0.456. The van der Waals surface area contributed by atoms with Crippen LogP contribution in [0.4, 0.5) is 5.69 Å². The highest BCUT2D eigenvalue weighted by Gasteiger charge is 2.09. The molecule has 1 aliphatic rings. The molecule has 0 saturated carbocycles. The number of guanidine groups is 1. The van der Waals surface area contributed by atoms with Gasteiger partial charge in [-0.1, -0.05) is 0 Å². The lowest BCUT2D eigenvalue weighted by atomic mass is 10.1. The van der Waals surface area contributed by atoms with Crippen LogP contribution in [0.1, 0.15) is 5.56 Å². The molecule has 3 N–H and O–H groups in total. The van der Waals surface area contributed by atoms with Crippen molar-refractivity contribution < 1.29 is 5.11 Å². The SMILES string of the molecule is NC1=Nc2ccc(O)cc2C[N]1. The molecule has 0 aromatic heterocycles. The Labute approximate surface area is 69.7 Å². The Kier molecular flexibility index (Phi) is 1.40. The summed E-state index contributed by atoms with van der Waals surface area (Å²) in [6.45, 7) is 0.499. The molecular formula is C8H8N3O. The summed E-state index contributed by atoms with van der Waals surface area (Å²) in [5, 5.41) is 13.1. The van der Waals surface area contributed by atoms with Gasteiger partial charge in [-0.25, -0.2) is 10.3 Å². The van der Waals surface area contributed by atoms with E-state index in [0.29, 0.717) is 12.5 Å². The zero-order chi connectivity index (χ0) is 8.55. The van der Waals surface area contributed by atoms with Gasteiger partial charge in [-0.2, -0.15) is 0 Å². The molecule has 0 atom stereocenters. The van der Waals surface area contributed by atoms with Crippen molar-refractivity contribution in [2.75, 3.05) is 0 Å². The van der Waals surface area contributed by atoms with Crippen LogP contribution in [0.25, 0.3) is 0 Å². The number of phenols is 1. The van der Waals surface area contributed by atoms with Crippen molar-refractivity contribution in [2.24, 2.45) is 10.7 Å². The Hall–Kier alpha value is -1.71. The maximum Gasteiger partial charge on any atom is 0.216 e. The van der Waals surface area contributed by atoms with Crippen molar-refractivity contribution in [3.63, 3.8) is 0 Å². The minimum absolute atomic E-state index is 0.236. The van der Waals surface area contributed by atoms with E-state index in [0.717, 1.165) is 11.3 Å². The van der Waals surface area contributed by atoms with Crippen LogP contribution in [0.3, 0.4) is 0 Å². The Bertz CT molecular complexity index is 346. The quantitative estimate of drug-likeness (QED) is 0.581. The molecule has 1 aromatic rings. The fourth-order valence-corrected chi connectivity index (χ4v) is 1.13. The van der Waals surface area contributed by atoms with E-state index in [9.17, 15) is 0 Å². The summed E-state index contributed by atoms with van der Waals surface area (Å²) in [7, 11) is 0. The van der Waals surface area contributed by atoms with Crippen LogP contribution in [0, 0.1) is 0 Å². The first-order chi connectivity index (χ1) is 5.75. The van der Waals surface area contributed by atoms with E-state index in [2.05, 4.69) is 10.3 Å². The van der Waals surface area contributed by atoms with Crippen molar-refractivity contribution in [2.45, 2.75) is 6.54 Å². The van der Waals surface area contributed by atoms with Crippen LogP contribution in [0.5, 0.6) is 5.75 Å². The van der Waals surface area contributed by atoms with Gasteiger partial charge in [-0.3, -0.25) is 0 Å². The number of nitrogens with two attached hydrogens (primary N) is 1. The van der Waals surface area contributed by atoms with Crippen LogP contribution in [-0.2, 0) is 6.54 Å². The number of nitrogens with zero attached hydrogens (tertiary/aromatic N) is 2. The molecule has 0 bridgehead atoms. The monoisotopic (exact) mass is 162 g/mol. The standard InChI is InChI=1S/C8H8N3O/c9-8-10-4-5-3-6(12)1-2-7(5)11-8/h1-3,12H,4H2,(H2,9,11). The minimum Gasteiger partial charge on any atom is -0.508 e. The van der Waals surface area contributed by atoms with Gasteiger partial charge >= 0.3 is 0 Å². The summed E-state index contributed by atoms with van der Waals surface area (Å²) in [6, 6.07) is 4.96. The third-order valence-corrected chi connectivity index (χ3v) is 1.71. The van der Waals surface area contributed by atoms with E-state index < -0.39 is 0 Å². The van der Waals surface area contributed by atoms with Gasteiger partial charge in [-0.15, -0.1) is 0 Å². The van der Waals surface area contributed by atoms with E-state index in [4.69, 9.17) is 10.8 Å². The lowest BCUT2D eigenvalue weighted by Gasteiger charge is -2.12.